The van der Waals surface area contributed by atoms with Gasteiger partial charge in [0.25, 0.3) is 11.8 Å². The van der Waals surface area contributed by atoms with Gasteiger partial charge in [0.05, 0.1) is 5.92 Å². The number of likely N-dealkylation sites (tertiary alicyclic amines) is 1. The summed E-state index contributed by atoms with van der Waals surface area (Å²) in [7, 11) is 0. The van der Waals surface area contributed by atoms with Crippen LogP contribution < -0.4 is 10.6 Å². The van der Waals surface area contributed by atoms with E-state index in [1.165, 1.54) is 0 Å². The second-order valence-electron chi connectivity index (χ2n) is 8.58. The Morgan fingerprint density at radius 1 is 1.10 bits per heavy atom. The number of nitrogens with one attached hydrogen (secondary N) is 2. The lowest BCUT2D eigenvalue weighted by molar-refractivity contribution is -0.126. The third kappa shape index (κ3) is 5.94. The largest absolute Gasteiger partial charge is 0.356 e. The van der Waals surface area contributed by atoms with E-state index in [9.17, 15) is 14.4 Å². The zero-order valence-corrected chi connectivity index (χ0v) is 18.5. The van der Waals surface area contributed by atoms with E-state index in [2.05, 4.69) is 24.5 Å². The van der Waals surface area contributed by atoms with Crippen LogP contribution in [0, 0.1) is 18.8 Å². The number of hydrogen-bond acceptors (Lipinski definition) is 3. The van der Waals surface area contributed by atoms with E-state index in [-0.39, 0.29) is 23.6 Å². The Labute approximate surface area is 184 Å². The number of piperidine rings is 1. The Hall–Kier alpha value is -3.15. The number of rotatable bonds is 6. The molecule has 1 saturated heterocycles. The van der Waals surface area contributed by atoms with Crippen molar-refractivity contribution in [3.63, 3.8) is 0 Å². The van der Waals surface area contributed by atoms with Crippen molar-refractivity contribution in [3.8, 4) is 0 Å². The van der Waals surface area contributed by atoms with E-state index in [1.807, 2.05) is 25.1 Å². The predicted molar refractivity (Wildman–Crippen MR) is 122 cm³/mol. The number of hydrogen-bond donors (Lipinski definition) is 2. The maximum absolute atomic E-state index is 13.1. The number of carbonyl (C=O) groups excluding carboxylic acids is 3. The van der Waals surface area contributed by atoms with Crippen molar-refractivity contribution in [3.05, 3.63) is 65.2 Å². The van der Waals surface area contributed by atoms with Crippen molar-refractivity contribution in [2.24, 2.45) is 11.8 Å². The Balaban J connectivity index is 1.66. The standard InChI is InChI=1S/C25H31N3O3/c1-17(2)15-26-23(29)20-10-7-13-28(16-20)25(31)19-9-6-11-21(14-19)27-24(30)22-12-5-4-8-18(22)3/h4-6,8-9,11-12,14,17,20H,7,10,13,15-16H2,1-3H3,(H,26,29)(H,27,30)/t20-/m1/s1. The molecule has 0 radical (unpaired) electrons. The molecule has 0 spiro atoms. The Morgan fingerprint density at radius 2 is 1.87 bits per heavy atom. The molecule has 2 aromatic rings. The van der Waals surface area contributed by atoms with Crippen molar-refractivity contribution in [1.29, 1.82) is 0 Å². The maximum atomic E-state index is 13.1. The monoisotopic (exact) mass is 421 g/mol. The summed E-state index contributed by atoms with van der Waals surface area (Å²) >= 11 is 0. The van der Waals surface area contributed by atoms with Gasteiger partial charge in [-0.2, -0.15) is 0 Å². The van der Waals surface area contributed by atoms with Crippen LogP contribution in [0.2, 0.25) is 0 Å². The molecule has 0 aliphatic carbocycles. The summed E-state index contributed by atoms with van der Waals surface area (Å²) in [6.45, 7) is 7.70. The minimum Gasteiger partial charge on any atom is -0.356 e. The molecule has 0 saturated carbocycles. The maximum Gasteiger partial charge on any atom is 0.255 e. The normalized spacial score (nSPS) is 16.1. The van der Waals surface area contributed by atoms with Gasteiger partial charge in [0.2, 0.25) is 5.91 Å². The van der Waals surface area contributed by atoms with Gasteiger partial charge in [0.1, 0.15) is 0 Å². The summed E-state index contributed by atoms with van der Waals surface area (Å²) < 4.78 is 0. The van der Waals surface area contributed by atoms with Gasteiger partial charge in [-0.3, -0.25) is 14.4 Å². The lowest BCUT2D eigenvalue weighted by Crippen LogP contribution is -2.46. The molecule has 0 aromatic heterocycles. The van der Waals surface area contributed by atoms with Crippen LogP contribution in [-0.4, -0.2) is 42.3 Å². The van der Waals surface area contributed by atoms with Gasteiger partial charge in [-0.25, -0.2) is 0 Å². The summed E-state index contributed by atoms with van der Waals surface area (Å²) in [4.78, 5) is 39.9. The van der Waals surface area contributed by atoms with Crippen molar-refractivity contribution < 1.29 is 14.4 Å². The molecule has 164 valence electrons. The number of aryl methyl sites for hydroxylation is 1. The van der Waals surface area contributed by atoms with Crippen LogP contribution in [0.15, 0.2) is 48.5 Å². The lowest BCUT2D eigenvalue weighted by Gasteiger charge is -2.32. The fraction of sp³-hybridized carbons (Fsp3) is 0.400. The molecular weight excluding hydrogens is 390 g/mol. The summed E-state index contributed by atoms with van der Waals surface area (Å²) in [6, 6.07) is 14.3. The minimum absolute atomic E-state index is 0.0189. The summed E-state index contributed by atoms with van der Waals surface area (Å²) in [5.41, 5.74) is 2.57. The molecule has 1 atom stereocenters. The molecule has 1 fully saturated rings. The van der Waals surface area contributed by atoms with Crippen LogP contribution in [0.25, 0.3) is 0 Å². The smallest absolute Gasteiger partial charge is 0.255 e. The molecule has 0 unspecified atom stereocenters. The van der Waals surface area contributed by atoms with E-state index in [4.69, 9.17) is 0 Å². The second-order valence-corrected chi connectivity index (χ2v) is 8.58. The van der Waals surface area contributed by atoms with E-state index in [1.54, 1.807) is 35.2 Å². The number of benzene rings is 2. The highest BCUT2D eigenvalue weighted by atomic mass is 16.2. The third-order valence-electron chi connectivity index (χ3n) is 5.52. The van der Waals surface area contributed by atoms with Crippen molar-refractivity contribution in [1.82, 2.24) is 10.2 Å². The summed E-state index contributed by atoms with van der Waals surface area (Å²) in [5.74, 6) is -0.0929. The van der Waals surface area contributed by atoms with Crippen molar-refractivity contribution in [2.75, 3.05) is 25.0 Å². The molecule has 31 heavy (non-hydrogen) atoms. The molecule has 0 bridgehead atoms. The van der Waals surface area contributed by atoms with Crippen molar-refractivity contribution >= 4 is 23.4 Å². The molecular formula is C25H31N3O3. The van der Waals surface area contributed by atoms with Gasteiger partial charge < -0.3 is 15.5 Å². The van der Waals surface area contributed by atoms with E-state index in [0.29, 0.717) is 42.4 Å². The van der Waals surface area contributed by atoms with Gasteiger partial charge in [0, 0.05) is 36.4 Å². The predicted octanol–water partition coefficient (Wildman–Crippen LogP) is 3.87. The quantitative estimate of drug-likeness (QED) is 0.743. The van der Waals surface area contributed by atoms with E-state index in [0.717, 1.165) is 18.4 Å². The second kappa shape index (κ2) is 10.2. The Bertz CT molecular complexity index is 955. The molecule has 2 aromatic carbocycles. The number of nitrogens with zero attached hydrogens (tertiary/aromatic N) is 1. The molecule has 2 N–H and O–H groups in total. The molecule has 3 amide bonds. The fourth-order valence-electron chi connectivity index (χ4n) is 3.76. The first kappa shape index (κ1) is 22.5. The van der Waals surface area contributed by atoms with Gasteiger partial charge in [0.15, 0.2) is 0 Å². The molecule has 6 heteroatoms. The van der Waals surface area contributed by atoms with Gasteiger partial charge in [-0.15, -0.1) is 0 Å². The molecule has 1 heterocycles. The number of carbonyl (C=O) groups is 3. The molecule has 1 aliphatic rings. The van der Waals surface area contributed by atoms with Crippen LogP contribution in [0.4, 0.5) is 5.69 Å². The molecule has 1 aliphatic heterocycles. The van der Waals surface area contributed by atoms with E-state index < -0.39 is 0 Å². The first-order valence-electron chi connectivity index (χ1n) is 10.9. The molecule has 6 nitrogen and oxygen atoms in total. The van der Waals surface area contributed by atoms with Crippen LogP contribution in [-0.2, 0) is 4.79 Å². The fourth-order valence-corrected chi connectivity index (χ4v) is 3.76. The lowest BCUT2D eigenvalue weighted by atomic mass is 9.96. The topological polar surface area (TPSA) is 78.5 Å². The highest BCUT2D eigenvalue weighted by Gasteiger charge is 2.29. The Morgan fingerprint density at radius 3 is 2.61 bits per heavy atom. The average molecular weight is 422 g/mol. The minimum atomic E-state index is -0.206. The van der Waals surface area contributed by atoms with Gasteiger partial charge in [-0.05, 0) is 55.5 Å². The Kier molecular flexibility index (Phi) is 7.45. The first-order valence-corrected chi connectivity index (χ1v) is 10.9. The summed E-state index contributed by atoms with van der Waals surface area (Å²) in [6.07, 6.45) is 1.59. The average Bonchev–Trinajstić information content (AvgIpc) is 2.77. The van der Waals surface area contributed by atoms with Crippen LogP contribution in [0.5, 0.6) is 0 Å². The van der Waals surface area contributed by atoms with E-state index >= 15 is 0 Å². The number of anilines is 1. The van der Waals surface area contributed by atoms with Gasteiger partial charge >= 0.3 is 0 Å². The highest BCUT2D eigenvalue weighted by Crippen LogP contribution is 2.21. The van der Waals surface area contributed by atoms with Crippen LogP contribution in [0.1, 0.15) is 53.0 Å². The first-order chi connectivity index (χ1) is 14.8. The zero-order valence-electron chi connectivity index (χ0n) is 18.5. The van der Waals surface area contributed by atoms with Gasteiger partial charge in [-0.1, -0.05) is 38.1 Å². The zero-order chi connectivity index (χ0) is 22.4. The number of amides is 3. The third-order valence-corrected chi connectivity index (χ3v) is 5.52. The highest BCUT2D eigenvalue weighted by molar-refractivity contribution is 6.06. The van der Waals surface area contributed by atoms with Crippen LogP contribution in [0.3, 0.4) is 0 Å². The molecule has 3 rings (SSSR count). The summed E-state index contributed by atoms with van der Waals surface area (Å²) in [5, 5.41) is 5.86. The van der Waals surface area contributed by atoms with Crippen molar-refractivity contribution in [2.45, 2.75) is 33.6 Å². The van der Waals surface area contributed by atoms with Crippen LogP contribution >= 0.6 is 0 Å². The SMILES string of the molecule is Cc1ccccc1C(=O)Nc1cccc(C(=O)N2CCC[C@@H](C(=O)NCC(C)C)C2)c1.